The van der Waals surface area contributed by atoms with Crippen molar-refractivity contribution >= 4 is 23.5 Å². The summed E-state index contributed by atoms with van der Waals surface area (Å²) in [5, 5.41) is 23.3. The second kappa shape index (κ2) is 12.2. The van der Waals surface area contributed by atoms with Crippen molar-refractivity contribution in [3.8, 4) is 0 Å². The summed E-state index contributed by atoms with van der Waals surface area (Å²) in [5.41, 5.74) is -1.19. The van der Waals surface area contributed by atoms with Gasteiger partial charge in [0.2, 0.25) is 5.78 Å². The maximum absolute atomic E-state index is 13.5. The van der Waals surface area contributed by atoms with Gasteiger partial charge in [0.25, 0.3) is 0 Å². The van der Waals surface area contributed by atoms with Crippen LogP contribution in [-0.2, 0) is 38.1 Å². The maximum atomic E-state index is 13.5. The molecule has 0 radical (unpaired) electrons. The molecule has 10 nitrogen and oxygen atoms in total. The molecule has 10 heteroatoms. The molecule has 4 aliphatic carbocycles. The maximum Gasteiger partial charge on any atom is 0.306 e. The molecule has 242 valence electrons. The summed E-state index contributed by atoms with van der Waals surface area (Å²) in [6.45, 7) is 3.65. The molecule has 1 aromatic rings. The van der Waals surface area contributed by atoms with Crippen LogP contribution in [0.3, 0.4) is 0 Å². The second-order valence-electron chi connectivity index (χ2n) is 13.7. The summed E-state index contributed by atoms with van der Waals surface area (Å²) in [7, 11) is 0. The number of rotatable bonds is 8. The highest BCUT2D eigenvalue weighted by atomic mass is 16.7. The minimum atomic E-state index is -1.75. The smallest absolute Gasteiger partial charge is 0.306 e. The molecule has 1 aliphatic heterocycles. The summed E-state index contributed by atoms with van der Waals surface area (Å²) in [6, 6.07) is 9.42. The first-order valence-corrected chi connectivity index (χ1v) is 16.0. The molecular formula is C35H42O10. The number of hydrogen-bond acceptors (Lipinski definition) is 10. The van der Waals surface area contributed by atoms with Crippen LogP contribution in [0.5, 0.6) is 0 Å². The SMILES string of the molecule is CC12C=CC(=O)C=C1CCC1C2C(O)CC2(C)C1CCC2(O)C(=O)COC(=O)CCC(=O)OC1COC(c2ccccc2)OC1. The number of ether oxygens (including phenoxy) is 4. The summed E-state index contributed by atoms with van der Waals surface area (Å²) < 4.78 is 21.9. The monoisotopic (exact) mass is 622 g/mol. The van der Waals surface area contributed by atoms with Crippen molar-refractivity contribution in [2.45, 2.75) is 82.9 Å². The van der Waals surface area contributed by atoms with Gasteiger partial charge in [0.1, 0.15) is 11.7 Å². The van der Waals surface area contributed by atoms with E-state index in [1.165, 1.54) is 0 Å². The third-order valence-electron chi connectivity index (χ3n) is 11.2. The van der Waals surface area contributed by atoms with Crippen molar-refractivity contribution in [3.05, 3.63) is 59.7 Å². The lowest BCUT2D eigenvalue weighted by Gasteiger charge is -2.59. The Kier molecular flexibility index (Phi) is 8.62. The number of benzene rings is 1. The molecule has 6 rings (SSSR count). The first kappa shape index (κ1) is 31.8. The lowest BCUT2D eigenvalue weighted by atomic mass is 9.46. The summed E-state index contributed by atoms with van der Waals surface area (Å²) in [5.74, 6) is -2.04. The number of ketones is 2. The molecule has 0 aromatic heterocycles. The fourth-order valence-electron chi connectivity index (χ4n) is 8.93. The van der Waals surface area contributed by atoms with E-state index in [2.05, 4.69) is 6.92 Å². The molecule has 4 fully saturated rings. The number of hydrogen-bond donors (Lipinski definition) is 2. The van der Waals surface area contributed by atoms with E-state index >= 15 is 0 Å². The van der Waals surface area contributed by atoms with Crippen LogP contribution in [0.4, 0.5) is 0 Å². The van der Waals surface area contributed by atoms with Gasteiger partial charge in [0, 0.05) is 22.3 Å². The van der Waals surface area contributed by atoms with E-state index in [4.69, 9.17) is 18.9 Å². The zero-order chi connectivity index (χ0) is 32.0. The van der Waals surface area contributed by atoms with Gasteiger partial charge < -0.3 is 29.2 Å². The molecule has 0 amide bonds. The molecule has 5 aliphatic rings. The van der Waals surface area contributed by atoms with Gasteiger partial charge in [0.15, 0.2) is 18.7 Å². The van der Waals surface area contributed by atoms with E-state index in [1.54, 1.807) is 12.2 Å². The predicted molar refractivity (Wildman–Crippen MR) is 159 cm³/mol. The second-order valence-corrected chi connectivity index (χ2v) is 13.7. The van der Waals surface area contributed by atoms with Gasteiger partial charge in [-0.2, -0.15) is 0 Å². The molecule has 2 N–H and O–H groups in total. The number of aliphatic hydroxyl groups is 2. The van der Waals surface area contributed by atoms with Crippen molar-refractivity contribution in [3.63, 3.8) is 0 Å². The standard InChI is InChI=1S/C35H42O10/c1-33-14-12-23(36)16-22(33)8-9-25-26-13-15-35(41,34(26,2)17-27(37)31(25)33)28(38)20-42-29(39)10-11-30(40)45-24-18-43-32(44-19-24)21-6-4-3-5-7-21/h3-7,12,14,16,24-27,31-32,37,41H,8-11,13,15,17-20H2,1-2H3. The van der Waals surface area contributed by atoms with Crippen LogP contribution >= 0.6 is 0 Å². The number of esters is 2. The molecule has 0 bridgehead atoms. The highest BCUT2D eigenvalue weighted by molar-refractivity contribution is 6.01. The van der Waals surface area contributed by atoms with Crippen molar-refractivity contribution in [2.24, 2.45) is 28.6 Å². The third-order valence-corrected chi connectivity index (χ3v) is 11.2. The molecule has 0 spiro atoms. The number of fused-ring (bicyclic) bond motifs is 5. The molecule has 7 atom stereocenters. The molecular weight excluding hydrogens is 580 g/mol. The Balaban J connectivity index is 0.990. The molecule has 3 saturated carbocycles. The van der Waals surface area contributed by atoms with Gasteiger partial charge in [0.05, 0.1) is 32.2 Å². The van der Waals surface area contributed by atoms with Gasteiger partial charge in [-0.05, 0) is 56.1 Å². The van der Waals surface area contributed by atoms with E-state index in [-0.39, 0.29) is 62.4 Å². The average Bonchev–Trinajstić information content (AvgIpc) is 3.30. The molecule has 7 unspecified atom stereocenters. The first-order chi connectivity index (χ1) is 21.4. The number of allylic oxidation sites excluding steroid dienone is 4. The molecule has 45 heavy (non-hydrogen) atoms. The molecule has 1 heterocycles. The van der Waals surface area contributed by atoms with Crippen molar-refractivity contribution < 1.29 is 48.3 Å². The van der Waals surface area contributed by atoms with Crippen LogP contribution < -0.4 is 0 Å². The van der Waals surface area contributed by atoms with E-state index in [1.807, 2.05) is 43.3 Å². The largest absolute Gasteiger partial charge is 0.458 e. The quantitative estimate of drug-likeness (QED) is 0.413. The Labute approximate surface area is 262 Å². The van der Waals surface area contributed by atoms with E-state index in [0.717, 1.165) is 24.0 Å². The Morgan fingerprint density at radius 1 is 1.02 bits per heavy atom. The third kappa shape index (κ3) is 5.71. The Hall–Kier alpha value is -3.18. The van der Waals surface area contributed by atoms with E-state index in [9.17, 15) is 29.4 Å². The number of carbonyl (C=O) groups is 4. The minimum Gasteiger partial charge on any atom is -0.458 e. The Morgan fingerprint density at radius 3 is 2.47 bits per heavy atom. The Morgan fingerprint density at radius 2 is 1.73 bits per heavy atom. The normalized spacial score (nSPS) is 38.8. The summed E-state index contributed by atoms with van der Waals surface area (Å²) in [6.07, 6.45) is 5.33. The molecule has 1 saturated heterocycles. The van der Waals surface area contributed by atoms with Crippen molar-refractivity contribution in [1.82, 2.24) is 0 Å². The van der Waals surface area contributed by atoms with Crippen LogP contribution in [0.15, 0.2) is 54.1 Å². The van der Waals surface area contributed by atoms with Crippen LogP contribution in [0.2, 0.25) is 0 Å². The molecule has 1 aromatic carbocycles. The van der Waals surface area contributed by atoms with Gasteiger partial charge in [-0.3, -0.25) is 19.2 Å². The van der Waals surface area contributed by atoms with Gasteiger partial charge in [-0.15, -0.1) is 0 Å². The average molecular weight is 623 g/mol. The highest BCUT2D eigenvalue weighted by Gasteiger charge is 2.68. The predicted octanol–water partition coefficient (Wildman–Crippen LogP) is 3.55. The first-order valence-electron chi connectivity index (χ1n) is 16.0. The number of Topliss-reactive ketones (excluding diaryl/α,β-unsaturated/α-hetero) is 1. The van der Waals surface area contributed by atoms with Crippen LogP contribution in [0, 0.1) is 28.6 Å². The summed E-state index contributed by atoms with van der Waals surface area (Å²) >= 11 is 0. The van der Waals surface area contributed by atoms with Crippen molar-refractivity contribution in [1.29, 1.82) is 0 Å². The summed E-state index contributed by atoms with van der Waals surface area (Å²) in [4.78, 5) is 50.3. The number of aliphatic hydroxyl groups excluding tert-OH is 1. The fourth-order valence-corrected chi connectivity index (χ4v) is 8.93. The van der Waals surface area contributed by atoms with Crippen molar-refractivity contribution in [2.75, 3.05) is 19.8 Å². The van der Waals surface area contributed by atoms with Crippen LogP contribution in [0.1, 0.15) is 70.6 Å². The minimum absolute atomic E-state index is 0.00885. The number of carbonyl (C=O) groups excluding carboxylic acids is 4. The zero-order valence-corrected chi connectivity index (χ0v) is 25.8. The van der Waals surface area contributed by atoms with Gasteiger partial charge in [-0.25, -0.2) is 0 Å². The van der Waals surface area contributed by atoms with Crippen LogP contribution in [0.25, 0.3) is 0 Å². The zero-order valence-electron chi connectivity index (χ0n) is 25.8. The topological polar surface area (TPSA) is 146 Å². The van der Waals surface area contributed by atoms with Gasteiger partial charge >= 0.3 is 11.9 Å². The van der Waals surface area contributed by atoms with Crippen LogP contribution in [-0.4, -0.2) is 71.3 Å². The fraction of sp³-hybridized carbons (Fsp3) is 0.600. The van der Waals surface area contributed by atoms with Gasteiger partial charge in [-0.1, -0.05) is 55.8 Å². The Bertz CT molecular complexity index is 1390. The van der Waals surface area contributed by atoms with E-state index in [0.29, 0.717) is 6.42 Å². The lowest BCUT2D eigenvalue weighted by molar-refractivity contribution is -0.229. The highest BCUT2D eigenvalue weighted by Crippen LogP contribution is 2.67. The lowest BCUT2D eigenvalue weighted by Crippen LogP contribution is -2.61. The van der Waals surface area contributed by atoms with E-state index < -0.39 is 59.3 Å².